The summed E-state index contributed by atoms with van der Waals surface area (Å²) in [5.74, 6) is -0.200. The number of carbonyl (C=O) groups is 1. The normalized spacial score (nSPS) is 13.2. The highest BCUT2D eigenvalue weighted by Crippen LogP contribution is 2.04. The van der Waals surface area contributed by atoms with Gasteiger partial charge in [-0.15, -0.1) is 0 Å². The molecule has 0 N–H and O–H groups in total. The van der Waals surface area contributed by atoms with E-state index in [0.717, 1.165) is 19.3 Å². The van der Waals surface area contributed by atoms with Crippen molar-refractivity contribution in [2.75, 3.05) is 0 Å². The van der Waals surface area contributed by atoms with E-state index in [9.17, 15) is 4.79 Å². The molecule has 0 spiro atoms. The fourth-order valence-electron chi connectivity index (χ4n) is 0.980. The third-order valence-electron chi connectivity index (χ3n) is 1.48. The molecule has 1 atom stereocenters. The number of esters is 1. The fraction of sp³-hybridized carbons (Fsp3) is 0.700. The van der Waals surface area contributed by atoms with Gasteiger partial charge in [-0.25, -0.2) is 0 Å². The summed E-state index contributed by atoms with van der Waals surface area (Å²) in [7, 11) is 0. The Morgan fingerprint density at radius 3 is 2.58 bits per heavy atom. The molecule has 1 unspecified atom stereocenters. The Morgan fingerprint density at radius 2 is 2.17 bits per heavy atom. The molecule has 0 rings (SSSR count). The second-order valence-electron chi connectivity index (χ2n) is 2.77. The van der Waals surface area contributed by atoms with Crippen LogP contribution in [0.1, 0.15) is 40.0 Å². The van der Waals surface area contributed by atoms with E-state index in [2.05, 4.69) is 13.8 Å². The van der Waals surface area contributed by atoms with Crippen molar-refractivity contribution < 1.29 is 9.53 Å². The summed E-state index contributed by atoms with van der Waals surface area (Å²) in [6, 6.07) is 0. The van der Waals surface area contributed by atoms with Crippen molar-refractivity contribution in [2.45, 2.75) is 46.1 Å². The minimum Gasteiger partial charge on any atom is -0.458 e. The van der Waals surface area contributed by atoms with E-state index in [1.165, 1.54) is 6.92 Å². The molecule has 0 aliphatic rings. The first kappa shape index (κ1) is 11.2. The van der Waals surface area contributed by atoms with Gasteiger partial charge in [-0.05, 0) is 18.9 Å². The maximum atomic E-state index is 10.6. The third-order valence-corrected chi connectivity index (χ3v) is 1.48. The first-order chi connectivity index (χ1) is 5.70. The van der Waals surface area contributed by atoms with Gasteiger partial charge in [0, 0.05) is 6.92 Å². The lowest BCUT2D eigenvalue weighted by Crippen LogP contribution is -2.13. The Bertz CT molecular complexity index is 150. The van der Waals surface area contributed by atoms with Crippen LogP contribution in [0.2, 0.25) is 0 Å². The van der Waals surface area contributed by atoms with Crippen LogP contribution in [-0.2, 0) is 9.53 Å². The van der Waals surface area contributed by atoms with Gasteiger partial charge in [0.05, 0.1) is 0 Å². The minimum absolute atomic E-state index is 0.0209. The molecule has 0 aromatic carbocycles. The van der Waals surface area contributed by atoms with Crippen LogP contribution in [0.4, 0.5) is 0 Å². The zero-order chi connectivity index (χ0) is 9.40. The summed E-state index contributed by atoms with van der Waals surface area (Å²) in [6.45, 7) is 5.59. The molecular formula is C10H18O2. The monoisotopic (exact) mass is 170 g/mol. The Morgan fingerprint density at radius 1 is 1.50 bits per heavy atom. The van der Waals surface area contributed by atoms with E-state index in [-0.39, 0.29) is 12.1 Å². The van der Waals surface area contributed by atoms with Gasteiger partial charge in [-0.2, -0.15) is 0 Å². The third kappa shape index (κ3) is 5.96. The lowest BCUT2D eigenvalue weighted by Gasteiger charge is -2.11. The Balaban J connectivity index is 3.85. The Labute approximate surface area is 74.6 Å². The average molecular weight is 170 g/mol. The summed E-state index contributed by atoms with van der Waals surface area (Å²) in [5.41, 5.74) is 0. The quantitative estimate of drug-likeness (QED) is 0.468. The van der Waals surface area contributed by atoms with Crippen molar-refractivity contribution in [1.82, 2.24) is 0 Å². The second-order valence-corrected chi connectivity index (χ2v) is 2.77. The lowest BCUT2D eigenvalue weighted by atomic mass is 10.2. The van der Waals surface area contributed by atoms with Crippen LogP contribution in [0, 0.1) is 0 Å². The van der Waals surface area contributed by atoms with Gasteiger partial charge in [0.25, 0.3) is 0 Å². The Kier molecular flexibility index (Phi) is 6.44. The highest BCUT2D eigenvalue weighted by Gasteiger charge is 2.05. The molecule has 0 bridgehead atoms. The van der Waals surface area contributed by atoms with Crippen LogP contribution >= 0.6 is 0 Å². The molecule has 0 fully saturated rings. The highest BCUT2D eigenvalue weighted by atomic mass is 16.5. The van der Waals surface area contributed by atoms with E-state index in [1.54, 1.807) is 0 Å². The predicted octanol–water partition coefficient (Wildman–Crippen LogP) is 2.68. The van der Waals surface area contributed by atoms with E-state index < -0.39 is 0 Å². The van der Waals surface area contributed by atoms with E-state index >= 15 is 0 Å². The molecule has 0 amide bonds. The number of hydrogen-bond donors (Lipinski definition) is 0. The van der Waals surface area contributed by atoms with E-state index in [0.29, 0.717) is 0 Å². The van der Waals surface area contributed by atoms with Gasteiger partial charge in [0.1, 0.15) is 6.10 Å². The lowest BCUT2D eigenvalue weighted by molar-refractivity contribution is -0.144. The van der Waals surface area contributed by atoms with E-state index in [1.807, 2.05) is 12.2 Å². The van der Waals surface area contributed by atoms with Crippen molar-refractivity contribution in [3.05, 3.63) is 12.2 Å². The van der Waals surface area contributed by atoms with Gasteiger partial charge >= 0.3 is 5.97 Å². The molecule has 70 valence electrons. The molecule has 0 aliphatic heterocycles. The smallest absolute Gasteiger partial charge is 0.303 e. The summed E-state index contributed by atoms with van der Waals surface area (Å²) in [4.78, 5) is 10.6. The number of rotatable bonds is 5. The van der Waals surface area contributed by atoms with Crippen LogP contribution in [0.5, 0.6) is 0 Å². The number of allylic oxidation sites excluding steroid dienone is 1. The molecule has 0 radical (unpaired) electrons. The molecule has 0 aliphatic carbocycles. The maximum Gasteiger partial charge on any atom is 0.303 e. The number of hydrogen-bond acceptors (Lipinski definition) is 2. The van der Waals surface area contributed by atoms with Gasteiger partial charge in [-0.1, -0.05) is 26.3 Å². The average Bonchev–Trinajstić information content (AvgIpc) is 2.00. The second kappa shape index (κ2) is 6.89. The summed E-state index contributed by atoms with van der Waals surface area (Å²) < 4.78 is 5.07. The maximum absolute atomic E-state index is 10.6. The molecule has 12 heavy (non-hydrogen) atoms. The Hall–Kier alpha value is -0.790. The van der Waals surface area contributed by atoms with Gasteiger partial charge in [0.2, 0.25) is 0 Å². The standard InChI is InChI=1S/C10H18O2/c1-4-6-8-10(7-5-2)12-9(3)11/h6,8,10H,4-5,7H2,1-3H3. The van der Waals surface area contributed by atoms with Crippen LogP contribution in [0.25, 0.3) is 0 Å². The molecule has 0 aromatic heterocycles. The predicted molar refractivity (Wildman–Crippen MR) is 49.9 cm³/mol. The molecule has 2 nitrogen and oxygen atoms in total. The van der Waals surface area contributed by atoms with Crippen LogP contribution < -0.4 is 0 Å². The van der Waals surface area contributed by atoms with Crippen molar-refractivity contribution >= 4 is 5.97 Å². The van der Waals surface area contributed by atoms with Gasteiger partial charge in [-0.3, -0.25) is 4.79 Å². The first-order valence-corrected chi connectivity index (χ1v) is 4.54. The molecule has 2 heteroatoms. The largest absolute Gasteiger partial charge is 0.458 e. The number of ether oxygens (including phenoxy) is 1. The molecule has 0 saturated carbocycles. The van der Waals surface area contributed by atoms with Gasteiger partial charge in [0.15, 0.2) is 0 Å². The highest BCUT2D eigenvalue weighted by molar-refractivity contribution is 5.66. The molecular weight excluding hydrogens is 152 g/mol. The zero-order valence-electron chi connectivity index (χ0n) is 8.17. The van der Waals surface area contributed by atoms with Crippen molar-refractivity contribution in [3.8, 4) is 0 Å². The van der Waals surface area contributed by atoms with Crippen molar-refractivity contribution in [1.29, 1.82) is 0 Å². The molecule has 0 saturated heterocycles. The number of carbonyl (C=O) groups excluding carboxylic acids is 1. The first-order valence-electron chi connectivity index (χ1n) is 4.54. The molecule has 0 aromatic rings. The van der Waals surface area contributed by atoms with Crippen LogP contribution in [-0.4, -0.2) is 12.1 Å². The topological polar surface area (TPSA) is 26.3 Å². The SMILES string of the molecule is CCC=CC(CCC)OC(C)=O. The van der Waals surface area contributed by atoms with Crippen molar-refractivity contribution in [3.63, 3.8) is 0 Å². The zero-order valence-corrected chi connectivity index (χ0v) is 8.17. The van der Waals surface area contributed by atoms with Crippen molar-refractivity contribution in [2.24, 2.45) is 0 Å². The summed E-state index contributed by atoms with van der Waals surface area (Å²) >= 11 is 0. The summed E-state index contributed by atoms with van der Waals surface area (Å²) in [6.07, 6.45) is 6.91. The minimum atomic E-state index is -0.200. The van der Waals surface area contributed by atoms with Crippen LogP contribution in [0.3, 0.4) is 0 Å². The molecule has 0 heterocycles. The van der Waals surface area contributed by atoms with E-state index in [4.69, 9.17) is 4.74 Å². The summed E-state index contributed by atoms with van der Waals surface area (Å²) in [5, 5.41) is 0. The fourth-order valence-corrected chi connectivity index (χ4v) is 0.980. The van der Waals surface area contributed by atoms with Gasteiger partial charge < -0.3 is 4.74 Å². The van der Waals surface area contributed by atoms with Crippen LogP contribution in [0.15, 0.2) is 12.2 Å².